The molecule has 0 atom stereocenters. The molecule has 0 unspecified atom stereocenters. The van der Waals surface area contributed by atoms with E-state index < -0.39 is 12.7 Å². The molecule has 132 valence electrons. The minimum Gasteiger partial charge on any atom is -0.356 e. The van der Waals surface area contributed by atoms with Crippen molar-refractivity contribution in [2.75, 3.05) is 33.7 Å². The molecule has 1 rings (SSSR count). The van der Waals surface area contributed by atoms with Gasteiger partial charge in [0.25, 0.3) is 0 Å². The number of guanidine groups is 1. The Morgan fingerprint density at radius 2 is 2.04 bits per heavy atom. The second kappa shape index (κ2) is 11.4. The van der Waals surface area contributed by atoms with Gasteiger partial charge in [-0.25, -0.2) is 0 Å². The van der Waals surface area contributed by atoms with Crippen LogP contribution < -0.4 is 10.6 Å². The summed E-state index contributed by atoms with van der Waals surface area (Å²) in [5.74, 6) is 0.601. The predicted molar refractivity (Wildman–Crippen MR) is 96.0 cm³/mol. The summed E-state index contributed by atoms with van der Waals surface area (Å²) in [5, 5.41) is 6.16. The van der Waals surface area contributed by atoms with Crippen molar-refractivity contribution < 1.29 is 13.2 Å². The van der Waals surface area contributed by atoms with E-state index >= 15 is 0 Å². The van der Waals surface area contributed by atoms with Crippen LogP contribution in [-0.2, 0) is 6.54 Å². The molecule has 0 saturated carbocycles. The SMILES string of the molecule is CN=C(NCCCN(C)CC(F)(F)F)NCc1ccccn1.I. The van der Waals surface area contributed by atoms with Crippen molar-refractivity contribution in [2.45, 2.75) is 19.1 Å². The van der Waals surface area contributed by atoms with Crippen LogP contribution in [0.5, 0.6) is 0 Å². The zero-order valence-corrected chi connectivity index (χ0v) is 15.6. The van der Waals surface area contributed by atoms with Crippen LogP contribution in [0.4, 0.5) is 13.2 Å². The van der Waals surface area contributed by atoms with Gasteiger partial charge in [0.2, 0.25) is 0 Å². The third kappa shape index (κ3) is 11.1. The van der Waals surface area contributed by atoms with Gasteiger partial charge in [-0.05, 0) is 32.1 Å². The van der Waals surface area contributed by atoms with E-state index in [9.17, 15) is 13.2 Å². The lowest BCUT2D eigenvalue weighted by molar-refractivity contribution is -0.143. The molecule has 0 bridgehead atoms. The highest BCUT2D eigenvalue weighted by molar-refractivity contribution is 14.0. The summed E-state index contributed by atoms with van der Waals surface area (Å²) < 4.78 is 36.5. The first-order chi connectivity index (χ1) is 10.4. The maximum Gasteiger partial charge on any atom is 0.401 e. The molecule has 1 heterocycles. The molecule has 0 aliphatic carbocycles. The molecule has 0 aliphatic heterocycles. The number of alkyl halides is 3. The fraction of sp³-hybridized carbons (Fsp3) is 0.571. The Kier molecular flexibility index (Phi) is 10.9. The fourth-order valence-electron chi connectivity index (χ4n) is 1.84. The molecule has 1 aromatic heterocycles. The van der Waals surface area contributed by atoms with Crippen molar-refractivity contribution in [1.82, 2.24) is 20.5 Å². The fourth-order valence-corrected chi connectivity index (χ4v) is 1.84. The molecule has 0 fully saturated rings. The Hall–Kier alpha value is -1.10. The minimum atomic E-state index is -4.15. The Labute approximate surface area is 151 Å². The summed E-state index contributed by atoms with van der Waals surface area (Å²) >= 11 is 0. The predicted octanol–water partition coefficient (Wildman–Crippen LogP) is 2.25. The zero-order chi connectivity index (χ0) is 16.4. The van der Waals surface area contributed by atoms with Gasteiger partial charge in [0.05, 0.1) is 18.8 Å². The van der Waals surface area contributed by atoms with Crippen LogP contribution in [-0.4, -0.2) is 55.7 Å². The van der Waals surface area contributed by atoms with Gasteiger partial charge in [-0.2, -0.15) is 13.2 Å². The Bertz CT molecular complexity index is 453. The van der Waals surface area contributed by atoms with Crippen LogP contribution in [0.1, 0.15) is 12.1 Å². The van der Waals surface area contributed by atoms with Gasteiger partial charge in [-0.15, -0.1) is 24.0 Å². The number of halogens is 4. The number of pyridine rings is 1. The third-order valence-electron chi connectivity index (χ3n) is 2.84. The van der Waals surface area contributed by atoms with Crippen molar-refractivity contribution >= 4 is 29.9 Å². The van der Waals surface area contributed by atoms with E-state index in [1.165, 1.54) is 11.9 Å². The molecule has 9 heteroatoms. The maximum atomic E-state index is 12.2. The molecule has 1 aromatic rings. The highest BCUT2D eigenvalue weighted by Crippen LogP contribution is 2.15. The molecule has 0 amide bonds. The largest absolute Gasteiger partial charge is 0.401 e. The van der Waals surface area contributed by atoms with Gasteiger partial charge < -0.3 is 10.6 Å². The summed E-state index contributed by atoms with van der Waals surface area (Å²) in [6, 6.07) is 5.64. The molecule has 0 aliphatic rings. The molecular weight excluding hydrogens is 422 g/mol. The van der Waals surface area contributed by atoms with E-state index in [2.05, 4.69) is 20.6 Å². The van der Waals surface area contributed by atoms with Crippen molar-refractivity contribution in [3.63, 3.8) is 0 Å². The highest BCUT2D eigenvalue weighted by atomic mass is 127. The molecule has 2 N–H and O–H groups in total. The zero-order valence-electron chi connectivity index (χ0n) is 13.2. The van der Waals surface area contributed by atoms with Crippen LogP contribution in [0.2, 0.25) is 0 Å². The Balaban J connectivity index is 0.00000484. The average Bonchev–Trinajstić information content (AvgIpc) is 2.46. The molecular formula is C14H23F3IN5. The topological polar surface area (TPSA) is 52.6 Å². The number of aromatic nitrogens is 1. The first-order valence-corrected chi connectivity index (χ1v) is 7.00. The lowest BCUT2D eigenvalue weighted by Crippen LogP contribution is -2.39. The lowest BCUT2D eigenvalue weighted by atomic mass is 10.3. The van der Waals surface area contributed by atoms with Crippen molar-refractivity contribution in [3.8, 4) is 0 Å². The number of hydrogen-bond acceptors (Lipinski definition) is 3. The Morgan fingerprint density at radius 3 is 2.61 bits per heavy atom. The minimum absolute atomic E-state index is 0. The van der Waals surface area contributed by atoms with Crippen LogP contribution in [0.3, 0.4) is 0 Å². The van der Waals surface area contributed by atoms with Gasteiger partial charge in [0, 0.05) is 19.8 Å². The van der Waals surface area contributed by atoms with E-state index in [0.29, 0.717) is 32.0 Å². The second-order valence-electron chi connectivity index (χ2n) is 4.88. The Morgan fingerprint density at radius 1 is 1.30 bits per heavy atom. The van der Waals surface area contributed by atoms with Crippen molar-refractivity contribution in [3.05, 3.63) is 30.1 Å². The second-order valence-corrected chi connectivity index (χ2v) is 4.88. The molecule has 0 aromatic carbocycles. The monoisotopic (exact) mass is 445 g/mol. The van der Waals surface area contributed by atoms with Crippen molar-refractivity contribution in [1.29, 1.82) is 0 Å². The van der Waals surface area contributed by atoms with Gasteiger partial charge >= 0.3 is 6.18 Å². The smallest absolute Gasteiger partial charge is 0.356 e. The summed E-state index contributed by atoms with van der Waals surface area (Å²) in [7, 11) is 3.10. The van der Waals surface area contributed by atoms with Crippen LogP contribution in [0.15, 0.2) is 29.4 Å². The van der Waals surface area contributed by atoms with Crippen molar-refractivity contribution in [2.24, 2.45) is 4.99 Å². The molecule has 0 spiro atoms. The molecule has 0 saturated heterocycles. The lowest BCUT2D eigenvalue weighted by Gasteiger charge is -2.18. The summed E-state index contributed by atoms with van der Waals surface area (Å²) in [6.07, 6.45) is -1.84. The molecule has 5 nitrogen and oxygen atoms in total. The first-order valence-electron chi connectivity index (χ1n) is 7.00. The van der Waals surface area contributed by atoms with E-state index in [1.54, 1.807) is 13.2 Å². The van der Waals surface area contributed by atoms with Gasteiger partial charge in [-0.1, -0.05) is 6.07 Å². The summed E-state index contributed by atoms with van der Waals surface area (Å²) in [6.45, 7) is 0.558. The van der Waals surface area contributed by atoms with Crippen LogP contribution in [0.25, 0.3) is 0 Å². The quantitative estimate of drug-likeness (QED) is 0.293. The number of nitrogens with zero attached hydrogens (tertiary/aromatic N) is 3. The average molecular weight is 445 g/mol. The third-order valence-corrected chi connectivity index (χ3v) is 2.84. The van der Waals surface area contributed by atoms with E-state index in [4.69, 9.17) is 0 Å². The summed E-state index contributed by atoms with van der Waals surface area (Å²) in [5.41, 5.74) is 0.885. The summed E-state index contributed by atoms with van der Waals surface area (Å²) in [4.78, 5) is 9.49. The molecule has 0 radical (unpaired) electrons. The number of hydrogen-bond donors (Lipinski definition) is 2. The maximum absolute atomic E-state index is 12.2. The van der Waals surface area contributed by atoms with Crippen LogP contribution >= 0.6 is 24.0 Å². The number of nitrogens with one attached hydrogen (secondary N) is 2. The number of aliphatic imine (C=N–C) groups is 1. The van der Waals surface area contributed by atoms with Crippen LogP contribution in [0, 0.1) is 0 Å². The standard InChI is InChI=1S/C14H22F3N5.HI/c1-18-13(21-10-12-6-3-4-7-19-12)20-8-5-9-22(2)11-14(15,16)17;/h3-4,6-7H,5,8-11H2,1-2H3,(H2,18,20,21);1H. The number of rotatable bonds is 7. The normalized spacial score (nSPS) is 12.0. The van der Waals surface area contributed by atoms with E-state index in [0.717, 1.165) is 5.69 Å². The highest BCUT2D eigenvalue weighted by Gasteiger charge is 2.28. The van der Waals surface area contributed by atoms with Gasteiger partial charge in [0.1, 0.15) is 0 Å². The first kappa shape index (κ1) is 21.9. The van der Waals surface area contributed by atoms with Gasteiger partial charge in [0.15, 0.2) is 5.96 Å². The van der Waals surface area contributed by atoms with Gasteiger partial charge in [-0.3, -0.25) is 14.9 Å². The van der Waals surface area contributed by atoms with E-state index in [1.807, 2.05) is 18.2 Å². The molecule has 23 heavy (non-hydrogen) atoms. The van der Waals surface area contributed by atoms with E-state index in [-0.39, 0.29) is 24.0 Å².